The average molecular weight is 497 g/mol. The zero-order valence-corrected chi connectivity index (χ0v) is 21.6. The number of hydrogen-bond donors (Lipinski definition) is 1. The van der Waals surface area contributed by atoms with Gasteiger partial charge in [0.25, 0.3) is 0 Å². The fourth-order valence-corrected chi connectivity index (χ4v) is 7.11. The number of hydrogen-bond acceptors (Lipinski definition) is 5. The van der Waals surface area contributed by atoms with Crippen molar-refractivity contribution in [1.82, 2.24) is 0 Å². The van der Waals surface area contributed by atoms with Crippen molar-refractivity contribution in [3.8, 4) is 0 Å². The molecule has 0 aliphatic carbocycles. The van der Waals surface area contributed by atoms with E-state index >= 15 is 0 Å². The number of nitrogens with one attached hydrogen (secondary N) is 1. The number of thiophene rings is 1. The van der Waals surface area contributed by atoms with Crippen molar-refractivity contribution in [2.45, 2.75) is 45.2 Å². The Balaban J connectivity index is 1.72. The molecule has 3 aliphatic rings. The van der Waals surface area contributed by atoms with Gasteiger partial charge in [-0.1, -0.05) is 69.3 Å². The van der Waals surface area contributed by atoms with Crippen LogP contribution in [0.25, 0.3) is 5.57 Å². The van der Waals surface area contributed by atoms with Crippen LogP contribution in [0.2, 0.25) is 0 Å². The molecule has 6 heteroatoms. The summed E-state index contributed by atoms with van der Waals surface area (Å²) < 4.78 is 0. The summed E-state index contributed by atoms with van der Waals surface area (Å²) in [5.41, 5.74) is 2.49. The number of allylic oxidation sites excluding steroid dienone is 1. The highest BCUT2D eigenvalue weighted by molar-refractivity contribution is 7.12. The summed E-state index contributed by atoms with van der Waals surface area (Å²) in [7, 11) is 0. The quantitative estimate of drug-likeness (QED) is 0.471. The van der Waals surface area contributed by atoms with Gasteiger partial charge in [0.2, 0.25) is 5.91 Å². The second-order valence-corrected chi connectivity index (χ2v) is 11.9. The molecule has 0 saturated carbocycles. The maximum Gasteiger partial charge on any atom is 0.238 e. The minimum Gasteiger partial charge on any atom is -0.352 e. The molecule has 3 aliphatic heterocycles. The molecule has 0 unspecified atom stereocenters. The lowest BCUT2D eigenvalue weighted by Crippen LogP contribution is -2.51. The molecule has 1 fully saturated rings. The van der Waals surface area contributed by atoms with Crippen LogP contribution in [0.4, 0.5) is 11.4 Å². The van der Waals surface area contributed by atoms with Gasteiger partial charge in [0.05, 0.1) is 16.8 Å². The van der Waals surface area contributed by atoms with Crippen LogP contribution in [0.15, 0.2) is 72.1 Å². The number of Topliss-reactive ketones (excluding diaryl/α,β-unsaturated/α-hetero) is 2. The zero-order chi connectivity index (χ0) is 25.4. The van der Waals surface area contributed by atoms with Crippen LogP contribution in [0.1, 0.15) is 48.5 Å². The van der Waals surface area contributed by atoms with E-state index in [9.17, 15) is 14.4 Å². The number of ketones is 2. The Hall–Kier alpha value is -3.51. The van der Waals surface area contributed by atoms with E-state index in [2.05, 4.69) is 16.3 Å². The van der Waals surface area contributed by atoms with E-state index in [1.54, 1.807) is 6.07 Å². The number of benzene rings is 2. The van der Waals surface area contributed by atoms with Gasteiger partial charge in [0, 0.05) is 22.4 Å². The highest BCUT2D eigenvalue weighted by atomic mass is 32.1. The number of carbonyl (C=O) groups is 3. The van der Waals surface area contributed by atoms with Crippen LogP contribution in [0, 0.1) is 11.3 Å². The molecule has 1 saturated heterocycles. The summed E-state index contributed by atoms with van der Waals surface area (Å²) in [5, 5.41) is 4.94. The monoisotopic (exact) mass is 496 g/mol. The van der Waals surface area contributed by atoms with Crippen LogP contribution in [-0.2, 0) is 15.0 Å². The van der Waals surface area contributed by atoms with Gasteiger partial charge in [0.15, 0.2) is 11.6 Å². The summed E-state index contributed by atoms with van der Waals surface area (Å²) in [5.74, 6) is -1.30. The molecule has 3 aromatic rings. The predicted octanol–water partition coefficient (Wildman–Crippen LogP) is 5.73. The number of anilines is 2. The lowest BCUT2D eigenvalue weighted by atomic mass is 9.63. The SMILES string of the molecule is CC1=C[C@H]2N(c3ccccc31)[C@H](C(=O)C(C)(C)C)[C@@H](C(=O)c1cccs1)[C@]21C(=O)Nc2ccccc21. The Morgan fingerprint density at radius 2 is 1.72 bits per heavy atom. The first kappa shape index (κ1) is 22.9. The Labute approximate surface area is 214 Å². The third-order valence-corrected chi connectivity index (χ3v) is 8.82. The van der Waals surface area contributed by atoms with Crippen molar-refractivity contribution >= 4 is 45.8 Å². The molecule has 2 aromatic carbocycles. The second-order valence-electron chi connectivity index (χ2n) is 11.0. The van der Waals surface area contributed by atoms with E-state index in [0.717, 1.165) is 22.4 Å². The van der Waals surface area contributed by atoms with E-state index in [1.165, 1.54) is 11.3 Å². The third-order valence-electron chi connectivity index (χ3n) is 7.94. The molecule has 6 rings (SSSR count). The van der Waals surface area contributed by atoms with Gasteiger partial charge >= 0.3 is 0 Å². The summed E-state index contributed by atoms with van der Waals surface area (Å²) in [6.07, 6.45) is 2.09. The minimum atomic E-state index is -1.24. The second kappa shape index (κ2) is 7.74. The van der Waals surface area contributed by atoms with Crippen molar-refractivity contribution in [3.63, 3.8) is 0 Å². The highest BCUT2D eigenvalue weighted by Crippen LogP contribution is 2.59. The van der Waals surface area contributed by atoms with Crippen molar-refractivity contribution in [2.75, 3.05) is 10.2 Å². The topological polar surface area (TPSA) is 66.5 Å². The normalized spacial score (nSPS) is 26.2. The van der Waals surface area contributed by atoms with Gasteiger partial charge in [0.1, 0.15) is 11.5 Å². The lowest BCUT2D eigenvalue weighted by molar-refractivity contribution is -0.128. The van der Waals surface area contributed by atoms with Crippen LogP contribution >= 0.6 is 11.3 Å². The van der Waals surface area contributed by atoms with Crippen molar-refractivity contribution in [1.29, 1.82) is 0 Å². The molecule has 1 N–H and O–H groups in total. The van der Waals surface area contributed by atoms with E-state index < -0.39 is 28.8 Å². The molecular weight excluding hydrogens is 468 g/mol. The standard InChI is InChI=1S/C30H28N2O3S/c1-17-16-23-30(19-11-6-7-12-20(19)31-28(30)35)24(26(33)22-14-9-15-36-22)25(27(34)29(2,3)4)32(23)21-13-8-5-10-18(17)21/h5-16,23-25H,1-4H3,(H,31,35)/t23-,24+,25+,30-/m1/s1. The average Bonchev–Trinajstić information content (AvgIpc) is 3.55. The predicted molar refractivity (Wildman–Crippen MR) is 143 cm³/mol. The number of nitrogens with zero attached hydrogens (tertiary/aromatic N) is 1. The van der Waals surface area contributed by atoms with Crippen LogP contribution in [0.3, 0.4) is 0 Å². The fourth-order valence-electron chi connectivity index (χ4n) is 6.40. The Morgan fingerprint density at radius 1 is 1.00 bits per heavy atom. The molecule has 4 heterocycles. The number of fused-ring (bicyclic) bond motifs is 6. The van der Waals surface area contributed by atoms with Gasteiger partial charge in [-0.15, -0.1) is 11.3 Å². The van der Waals surface area contributed by atoms with Crippen LogP contribution in [0.5, 0.6) is 0 Å². The van der Waals surface area contributed by atoms with Gasteiger partial charge in [-0.05, 0) is 41.6 Å². The maximum atomic E-state index is 14.4. The highest BCUT2D eigenvalue weighted by Gasteiger charge is 2.71. The summed E-state index contributed by atoms with van der Waals surface area (Å²) in [4.78, 5) is 45.6. The lowest BCUT2D eigenvalue weighted by Gasteiger charge is -2.39. The molecule has 1 aromatic heterocycles. The zero-order valence-electron chi connectivity index (χ0n) is 20.7. The van der Waals surface area contributed by atoms with E-state index in [-0.39, 0.29) is 17.5 Å². The van der Waals surface area contributed by atoms with Gasteiger partial charge in [-0.3, -0.25) is 14.4 Å². The molecule has 0 radical (unpaired) electrons. The molecule has 1 spiro atoms. The fraction of sp³-hybridized carbons (Fsp3) is 0.300. The van der Waals surface area contributed by atoms with E-state index in [1.807, 2.05) is 87.7 Å². The first-order valence-corrected chi connectivity index (χ1v) is 13.1. The molecule has 36 heavy (non-hydrogen) atoms. The summed E-state index contributed by atoms with van der Waals surface area (Å²) >= 11 is 1.36. The first-order valence-electron chi connectivity index (χ1n) is 12.3. The van der Waals surface area contributed by atoms with Gasteiger partial charge < -0.3 is 10.2 Å². The number of carbonyl (C=O) groups excluding carboxylic acids is 3. The summed E-state index contributed by atoms with van der Waals surface area (Å²) in [6.45, 7) is 7.71. The third kappa shape index (κ3) is 2.91. The molecule has 1 amide bonds. The van der Waals surface area contributed by atoms with E-state index in [0.29, 0.717) is 10.6 Å². The minimum absolute atomic E-state index is 0.0424. The molecule has 182 valence electrons. The van der Waals surface area contributed by atoms with Crippen molar-refractivity contribution in [2.24, 2.45) is 11.3 Å². The Morgan fingerprint density at radius 3 is 2.44 bits per heavy atom. The summed E-state index contributed by atoms with van der Waals surface area (Å²) in [6, 6.07) is 17.9. The largest absolute Gasteiger partial charge is 0.352 e. The number of para-hydroxylation sites is 2. The van der Waals surface area contributed by atoms with Gasteiger partial charge in [-0.2, -0.15) is 0 Å². The Kier molecular flexibility index (Phi) is 4.93. The molecule has 4 atom stereocenters. The first-order chi connectivity index (χ1) is 17.2. The number of amides is 1. The van der Waals surface area contributed by atoms with Gasteiger partial charge in [-0.25, -0.2) is 0 Å². The Bertz CT molecular complexity index is 1450. The smallest absolute Gasteiger partial charge is 0.238 e. The van der Waals surface area contributed by atoms with E-state index in [4.69, 9.17) is 0 Å². The molecule has 0 bridgehead atoms. The number of rotatable bonds is 3. The van der Waals surface area contributed by atoms with Crippen molar-refractivity contribution < 1.29 is 14.4 Å². The van der Waals surface area contributed by atoms with Crippen molar-refractivity contribution in [3.05, 3.63) is 88.1 Å². The molecule has 5 nitrogen and oxygen atoms in total. The molecular formula is C30H28N2O3S. The van der Waals surface area contributed by atoms with Crippen LogP contribution < -0.4 is 10.2 Å². The maximum absolute atomic E-state index is 14.4. The van der Waals surface area contributed by atoms with Crippen LogP contribution in [-0.4, -0.2) is 29.6 Å².